The fourth-order valence-corrected chi connectivity index (χ4v) is 2.91. The Kier molecular flexibility index (Phi) is 5.08. The maximum absolute atomic E-state index is 13.0. The molecule has 6 heteroatoms. The van der Waals surface area contributed by atoms with E-state index in [0.29, 0.717) is 16.7 Å². The standard InChI is InChI=1S/C23H16F3NO2/c24-23(25,26)17-9-6-10-18(13-17)29-21-14-27-20-12-5-4-11-19(20)22(21)28-15-16-7-2-1-3-8-16/h1-14H,15H2. The molecule has 3 nitrogen and oxygen atoms in total. The molecule has 0 N–H and O–H groups in total. The second kappa shape index (κ2) is 7.83. The van der Waals surface area contributed by atoms with Crippen molar-refractivity contribution in [1.82, 2.24) is 4.98 Å². The van der Waals surface area contributed by atoms with E-state index in [1.54, 1.807) is 0 Å². The van der Waals surface area contributed by atoms with Crippen LogP contribution in [0.3, 0.4) is 0 Å². The lowest BCUT2D eigenvalue weighted by Gasteiger charge is -2.15. The number of rotatable bonds is 5. The van der Waals surface area contributed by atoms with Crippen LogP contribution < -0.4 is 9.47 Å². The summed E-state index contributed by atoms with van der Waals surface area (Å²) in [7, 11) is 0. The fourth-order valence-electron chi connectivity index (χ4n) is 2.91. The summed E-state index contributed by atoms with van der Waals surface area (Å²) in [5.74, 6) is 0.734. The summed E-state index contributed by atoms with van der Waals surface area (Å²) in [6.45, 7) is 0.286. The number of hydrogen-bond acceptors (Lipinski definition) is 3. The normalized spacial score (nSPS) is 11.4. The molecule has 0 aliphatic heterocycles. The molecule has 0 spiro atoms. The number of nitrogens with zero attached hydrogens (tertiary/aromatic N) is 1. The van der Waals surface area contributed by atoms with Gasteiger partial charge >= 0.3 is 6.18 Å². The predicted molar refractivity (Wildman–Crippen MR) is 104 cm³/mol. The number of halogens is 3. The molecule has 0 atom stereocenters. The Hall–Kier alpha value is -3.54. The zero-order chi connectivity index (χ0) is 20.3. The van der Waals surface area contributed by atoms with Crippen molar-refractivity contribution in [3.63, 3.8) is 0 Å². The summed E-state index contributed by atoms with van der Waals surface area (Å²) in [6, 6.07) is 21.7. The van der Waals surface area contributed by atoms with E-state index in [1.807, 2.05) is 54.6 Å². The largest absolute Gasteiger partial charge is 0.484 e. The molecule has 0 unspecified atom stereocenters. The first-order valence-electron chi connectivity index (χ1n) is 8.90. The number of hydrogen-bond donors (Lipinski definition) is 0. The molecule has 29 heavy (non-hydrogen) atoms. The zero-order valence-electron chi connectivity index (χ0n) is 15.2. The van der Waals surface area contributed by atoms with Crippen molar-refractivity contribution in [2.75, 3.05) is 0 Å². The van der Waals surface area contributed by atoms with Crippen LogP contribution in [0.25, 0.3) is 10.9 Å². The van der Waals surface area contributed by atoms with E-state index < -0.39 is 11.7 Å². The third kappa shape index (κ3) is 4.32. The van der Waals surface area contributed by atoms with Gasteiger partial charge in [-0.3, -0.25) is 4.98 Å². The van der Waals surface area contributed by atoms with Crippen molar-refractivity contribution in [2.45, 2.75) is 12.8 Å². The van der Waals surface area contributed by atoms with Crippen LogP contribution >= 0.6 is 0 Å². The topological polar surface area (TPSA) is 31.4 Å². The maximum Gasteiger partial charge on any atom is 0.416 e. The third-order valence-electron chi connectivity index (χ3n) is 4.31. The van der Waals surface area contributed by atoms with E-state index in [4.69, 9.17) is 9.47 Å². The molecule has 1 heterocycles. The van der Waals surface area contributed by atoms with E-state index >= 15 is 0 Å². The molecule has 0 fully saturated rings. The number of fused-ring (bicyclic) bond motifs is 1. The van der Waals surface area contributed by atoms with Crippen LogP contribution in [0.2, 0.25) is 0 Å². The number of ether oxygens (including phenoxy) is 2. The predicted octanol–water partition coefficient (Wildman–Crippen LogP) is 6.62. The minimum absolute atomic E-state index is 0.0569. The monoisotopic (exact) mass is 395 g/mol. The average molecular weight is 395 g/mol. The van der Waals surface area contributed by atoms with Gasteiger partial charge in [-0.15, -0.1) is 0 Å². The lowest BCUT2D eigenvalue weighted by Crippen LogP contribution is -2.04. The third-order valence-corrected chi connectivity index (χ3v) is 4.31. The smallest absolute Gasteiger partial charge is 0.416 e. The number of aromatic nitrogens is 1. The summed E-state index contributed by atoms with van der Waals surface area (Å²) < 4.78 is 50.8. The molecule has 0 amide bonds. The molecular formula is C23H16F3NO2. The Bertz CT molecular complexity index is 1130. The first kappa shape index (κ1) is 18.8. The quantitative estimate of drug-likeness (QED) is 0.380. The van der Waals surface area contributed by atoms with Crippen LogP contribution in [0.1, 0.15) is 11.1 Å². The van der Waals surface area contributed by atoms with Gasteiger partial charge in [-0.05, 0) is 35.9 Å². The van der Waals surface area contributed by atoms with Crippen LogP contribution in [0.15, 0.2) is 85.1 Å². The van der Waals surface area contributed by atoms with Gasteiger partial charge in [0.05, 0.1) is 17.3 Å². The fraction of sp³-hybridized carbons (Fsp3) is 0.0870. The Labute approximate surface area is 165 Å². The summed E-state index contributed by atoms with van der Waals surface area (Å²) in [5.41, 5.74) is 0.876. The first-order valence-corrected chi connectivity index (χ1v) is 8.90. The SMILES string of the molecule is FC(F)(F)c1cccc(Oc2cnc3ccccc3c2OCc2ccccc2)c1. The average Bonchev–Trinajstić information content (AvgIpc) is 2.73. The van der Waals surface area contributed by atoms with Gasteiger partial charge in [-0.25, -0.2) is 0 Å². The molecule has 3 aromatic carbocycles. The van der Waals surface area contributed by atoms with Crippen molar-refractivity contribution in [3.05, 3.63) is 96.2 Å². The molecule has 1 aromatic heterocycles. The van der Waals surface area contributed by atoms with Gasteiger partial charge in [0.25, 0.3) is 0 Å². The Morgan fingerprint density at radius 1 is 0.828 bits per heavy atom. The molecule has 0 radical (unpaired) electrons. The highest BCUT2D eigenvalue weighted by Gasteiger charge is 2.30. The second-order valence-corrected chi connectivity index (χ2v) is 6.37. The van der Waals surface area contributed by atoms with E-state index in [-0.39, 0.29) is 18.1 Å². The van der Waals surface area contributed by atoms with Crippen molar-refractivity contribution in [3.8, 4) is 17.2 Å². The molecular weight excluding hydrogens is 379 g/mol. The van der Waals surface area contributed by atoms with Crippen LogP contribution in [-0.4, -0.2) is 4.98 Å². The Morgan fingerprint density at radius 3 is 2.38 bits per heavy atom. The minimum Gasteiger partial charge on any atom is -0.484 e. The summed E-state index contributed by atoms with van der Waals surface area (Å²) in [6.07, 6.45) is -2.99. The van der Waals surface area contributed by atoms with Gasteiger partial charge < -0.3 is 9.47 Å². The van der Waals surface area contributed by atoms with E-state index in [9.17, 15) is 13.2 Å². The summed E-state index contributed by atoms with van der Waals surface area (Å²) in [5, 5.41) is 0.716. The van der Waals surface area contributed by atoms with Crippen LogP contribution in [0.4, 0.5) is 13.2 Å². The number of pyridine rings is 1. The van der Waals surface area contributed by atoms with Crippen molar-refractivity contribution >= 4 is 10.9 Å². The number of para-hydroxylation sites is 1. The molecule has 0 saturated carbocycles. The molecule has 4 rings (SSSR count). The Balaban J connectivity index is 1.70. The number of alkyl halides is 3. The molecule has 0 bridgehead atoms. The molecule has 0 aliphatic carbocycles. The van der Waals surface area contributed by atoms with Crippen LogP contribution in [0, 0.1) is 0 Å². The van der Waals surface area contributed by atoms with Crippen molar-refractivity contribution < 1.29 is 22.6 Å². The van der Waals surface area contributed by atoms with Gasteiger partial charge in [-0.2, -0.15) is 13.2 Å². The highest BCUT2D eigenvalue weighted by molar-refractivity contribution is 5.87. The number of benzene rings is 3. The lowest BCUT2D eigenvalue weighted by molar-refractivity contribution is -0.137. The van der Waals surface area contributed by atoms with Gasteiger partial charge in [0.1, 0.15) is 12.4 Å². The highest BCUT2D eigenvalue weighted by Crippen LogP contribution is 2.39. The second-order valence-electron chi connectivity index (χ2n) is 6.37. The molecule has 0 saturated heterocycles. The molecule has 4 aromatic rings. The van der Waals surface area contributed by atoms with Crippen LogP contribution in [-0.2, 0) is 12.8 Å². The van der Waals surface area contributed by atoms with Crippen molar-refractivity contribution in [1.29, 1.82) is 0 Å². The molecule has 0 aliphatic rings. The van der Waals surface area contributed by atoms with Gasteiger partial charge in [0, 0.05) is 5.39 Å². The van der Waals surface area contributed by atoms with Crippen LogP contribution in [0.5, 0.6) is 17.2 Å². The van der Waals surface area contributed by atoms with Gasteiger partial charge in [0.15, 0.2) is 11.5 Å². The summed E-state index contributed by atoms with van der Waals surface area (Å²) >= 11 is 0. The summed E-state index contributed by atoms with van der Waals surface area (Å²) in [4.78, 5) is 4.34. The van der Waals surface area contributed by atoms with Gasteiger partial charge in [-0.1, -0.05) is 48.5 Å². The van der Waals surface area contributed by atoms with Crippen molar-refractivity contribution in [2.24, 2.45) is 0 Å². The van der Waals surface area contributed by atoms with Gasteiger partial charge in [0.2, 0.25) is 0 Å². The Morgan fingerprint density at radius 2 is 1.59 bits per heavy atom. The molecule has 146 valence electrons. The minimum atomic E-state index is -4.45. The van der Waals surface area contributed by atoms with E-state index in [0.717, 1.165) is 17.7 Å². The lowest BCUT2D eigenvalue weighted by atomic mass is 10.2. The highest BCUT2D eigenvalue weighted by atomic mass is 19.4. The maximum atomic E-state index is 13.0. The zero-order valence-corrected chi connectivity index (χ0v) is 15.2. The van der Waals surface area contributed by atoms with E-state index in [2.05, 4.69) is 4.98 Å². The first-order chi connectivity index (χ1) is 14.0. The van der Waals surface area contributed by atoms with E-state index in [1.165, 1.54) is 18.3 Å².